The molecule has 5 aromatic heterocycles. The summed E-state index contributed by atoms with van der Waals surface area (Å²) in [4.78, 5) is 6.13. The maximum absolute atomic E-state index is 6.13. The van der Waals surface area contributed by atoms with Crippen molar-refractivity contribution in [3.63, 3.8) is 0 Å². The fraction of sp³-hybridized carbons (Fsp3) is 0.0263. The van der Waals surface area contributed by atoms with Gasteiger partial charge in [-0.25, -0.2) is 11.3 Å². The summed E-state index contributed by atoms with van der Waals surface area (Å²) < 4.78 is 12.1. The average Bonchev–Trinajstić information content (AvgIpc) is 3.82. The van der Waals surface area contributed by atoms with Crippen molar-refractivity contribution in [1.29, 1.82) is 0 Å². The quantitative estimate of drug-likeness (QED) is 0.165. The third-order valence-electron chi connectivity index (χ3n) is 8.75. The third kappa shape index (κ3) is 3.44. The molecule has 0 spiro atoms. The number of para-hydroxylation sites is 3. The monoisotopic (exact) mass is 761 g/mol. The fourth-order valence-corrected chi connectivity index (χ4v) is 7.90. The van der Waals surface area contributed by atoms with Crippen LogP contribution in [0.15, 0.2) is 120 Å². The number of rotatable bonds is 2. The molecule has 0 N–H and O–H groups in total. The summed E-state index contributed by atoms with van der Waals surface area (Å²) in [6, 6.07) is 42.4. The van der Waals surface area contributed by atoms with Crippen molar-refractivity contribution < 1.29 is 24.5 Å². The van der Waals surface area contributed by atoms with Gasteiger partial charge >= 0.3 is 0 Å². The van der Waals surface area contributed by atoms with Gasteiger partial charge in [0.15, 0.2) is 0 Å². The van der Waals surface area contributed by atoms with Crippen molar-refractivity contribution in [1.82, 2.24) is 14.0 Å². The van der Waals surface area contributed by atoms with Crippen LogP contribution in [0.25, 0.3) is 87.3 Å². The number of aromatic nitrogens is 3. The first-order chi connectivity index (χ1) is 21.2. The van der Waals surface area contributed by atoms with Gasteiger partial charge in [0.1, 0.15) is 11.2 Å². The molecule has 44 heavy (non-hydrogen) atoms. The molecule has 211 valence electrons. The Bertz CT molecular complexity index is 2760. The second kappa shape index (κ2) is 9.38. The minimum absolute atomic E-state index is 0. The maximum atomic E-state index is 6.13. The van der Waals surface area contributed by atoms with Crippen LogP contribution >= 0.6 is 11.3 Å². The minimum atomic E-state index is 0. The van der Waals surface area contributed by atoms with Gasteiger partial charge < -0.3 is 18.4 Å². The molecule has 0 atom stereocenters. The van der Waals surface area contributed by atoms with Gasteiger partial charge in [-0.05, 0) is 66.4 Å². The van der Waals surface area contributed by atoms with Gasteiger partial charge in [-0.1, -0.05) is 70.2 Å². The van der Waals surface area contributed by atoms with Gasteiger partial charge in [0.2, 0.25) is 0 Å². The van der Waals surface area contributed by atoms with Crippen molar-refractivity contribution in [3.05, 3.63) is 126 Å². The Labute approximate surface area is 269 Å². The zero-order chi connectivity index (χ0) is 28.2. The molecular formula is C38H22IrN3OS-. The maximum Gasteiger partial charge on any atom is 0.135 e. The molecule has 5 heterocycles. The molecule has 5 aromatic carbocycles. The van der Waals surface area contributed by atoms with E-state index in [4.69, 9.17) is 9.40 Å². The number of benzene rings is 5. The topological polar surface area (TPSA) is 35.4 Å². The third-order valence-corrected chi connectivity index (χ3v) is 9.78. The van der Waals surface area contributed by atoms with E-state index in [1.165, 1.54) is 36.8 Å². The standard InChI is InChI=1S/C38H22N3OS.Ir/c1-22-18-30-37(43-22)27-10-3-6-12-32(27)41-34(21-39-38(30)41)23-14-16-33-28(19-23)25-8-2-5-11-31(25)40(33)24-15-17-36-29(20-24)26-9-4-7-13-35(26)42-36;/h2-17,19-21H,1H3;/q-1;. The number of thiophene rings is 1. The fourth-order valence-electron chi connectivity index (χ4n) is 6.91. The number of imidazole rings is 1. The normalized spacial score (nSPS) is 12.0. The number of furan rings is 1. The van der Waals surface area contributed by atoms with E-state index in [9.17, 15) is 0 Å². The van der Waals surface area contributed by atoms with Crippen LogP contribution in [0.3, 0.4) is 0 Å². The molecule has 0 amide bonds. The zero-order valence-corrected chi connectivity index (χ0v) is 26.7. The minimum Gasteiger partial charge on any atom is -0.456 e. The Morgan fingerprint density at radius 3 is 2.30 bits per heavy atom. The molecule has 1 radical (unpaired) electrons. The van der Waals surface area contributed by atoms with E-state index in [2.05, 4.69) is 119 Å². The second-order valence-electron chi connectivity index (χ2n) is 11.2. The Morgan fingerprint density at radius 1 is 0.682 bits per heavy atom. The molecule has 6 heteroatoms. The molecule has 0 fully saturated rings. The second-order valence-corrected chi connectivity index (χ2v) is 12.4. The van der Waals surface area contributed by atoms with E-state index < -0.39 is 0 Å². The molecule has 10 aromatic rings. The van der Waals surface area contributed by atoms with Crippen LogP contribution in [-0.2, 0) is 20.1 Å². The number of fused-ring (bicyclic) bond motifs is 12. The summed E-state index contributed by atoms with van der Waals surface area (Å²) in [6.45, 7) is 2.12. The molecule has 0 bridgehead atoms. The van der Waals surface area contributed by atoms with Crippen LogP contribution in [0.4, 0.5) is 0 Å². The van der Waals surface area contributed by atoms with Crippen molar-refractivity contribution in [2.45, 2.75) is 6.92 Å². The van der Waals surface area contributed by atoms with E-state index in [-0.39, 0.29) is 20.1 Å². The molecular weight excluding hydrogens is 739 g/mol. The first-order valence-electron chi connectivity index (χ1n) is 14.4. The van der Waals surface area contributed by atoms with Crippen molar-refractivity contribution >= 4 is 81.7 Å². The number of hydrogen-bond acceptors (Lipinski definition) is 3. The number of hydrogen-bond donors (Lipinski definition) is 0. The van der Waals surface area contributed by atoms with Gasteiger partial charge in [0.25, 0.3) is 0 Å². The molecule has 0 saturated heterocycles. The van der Waals surface area contributed by atoms with Crippen molar-refractivity contribution in [2.24, 2.45) is 0 Å². The summed E-state index contributed by atoms with van der Waals surface area (Å²) in [7, 11) is 0. The predicted octanol–water partition coefficient (Wildman–Crippen LogP) is 10.5. The first kappa shape index (κ1) is 25.7. The van der Waals surface area contributed by atoms with E-state index in [1.807, 2.05) is 18.3 Å². The van der Waals surface area contributed by atoms with Gasteiger partial charge in [-0.15, -0.1) is 5.39 Å². The Kier molecular flexibility index (Phi) is 5.48. The first-order valence-corrected chi connectivity index (χ1v) is 15.2. The van der Waals surface area contributed by atoms with Crippen LogP contribution in [0.1, 0.15) is 4.88 Å². The Balaban J connectivity index is 0.00000270. The van der Waals surface area contributed by atoms with Crippen LogP contribution in [0.5, 0.6) is 0 Å². The van der Waals surface area contributed by atoms with Crippen LogP contribution < -0.4 is 0 Å². The number of aryl methyl sites for hydroxylation is 1. The SMILES string of the molecule is Cc1[c-]c2c(s1)c1ccccc1n1c(-c3ccc4c(c3)c3ccccc3n4-c3ccc4oc5ccccc5c4c3)cnc21.[Ir]. The summed E-state index contributed by atoms with van der Waals surface area (Å²) in [6.07, 6.45) is 2.01. The number of pyridine rings is 1. The Hall–Kier alpha value is -4.74. The van der Waals surface area contributed by atoms with E-state index >= 15 is 0 Å². The number of nitrogens with zero attached hydrogens (tertiary/aromatic N) is 3. The Morgan fingerprint density at radius 2 is 1.41 bits per heavy atom. The van der Waals surface area contributed by atoms with Gasteiger partial charge in [0.05, 0.1) is 16.7 Å². The van der Waals surface area contributed by atoms with Crippen LogP contribution in [-0.4, -0.2) is 14.0 Å². The predicted molar refractivity (Wildman–Crippen MR) is 179 cm³/mol. The molecule has 0 aliphatic heterocycles. The molecule has 0 aliphatic carbocycles. The molecule has 0 saturated carbocycles. The van der Waals surface area contributed by atoms with E-state index in [1.54, 1.807) is 11.3 Å². The van der Waals surface area contributed by atoms with E-state index in [0.29, 0.717) is 0 Å². The average molecular weight is 761 g/mol. The molecule has 0 unspecified atom stereocenters. The molecule has 10 rings (SSSR count). The van der Waals surface area contributed by atoms with E-state index in [0.717, 1.165) is 55.4 Å². The largest absolute Gasteiger partial charge is 0.456 e. The molecule has 4 nitrogen and oxygen atoms in total. The summed E-state index contributed by atoms with van der Waals surface area (Å²) in [5.41, 5.74) is 9.60. The van der Waals surface area contributed by atoms with Crippen LogP contribution in [0, 0.1) is 13.0 Å². The van der Waals surface area contributed by atoms with Gasteiger partial charge in [0, 0.05) is 64.7 Å². The van der Waals surface area contributed by atoms with Crippen LogP contribution in [0.2, 0.25) is 0 Å². The summed E-state index contributed by atoms with van der Waals surface area (Å²) in [5, 5.41) is 7.02. The van der Waals surface area contributed by atoms with Crippen molar-refractivity contribution in [3.8, 4) is 16.9 Å². The summed E-state index contributed by atoms with van der Waals surface area (Å²) >= 11 is 1.79. The zero-order valence-electron chi connectivity index (χ0n) is 23.5. The van der Waals surface area contributed by atoms with Gasteiger partial charge in [-0.3, -0.25) is 0 Å². The smallest absolute Gasteiger partial charge is 0.135 e. The van der Waals surface area contributed by atoms with Crippen molar-refractivity contribution in [2.75, 3.05) is 0 Å². The van der Waals surface area contributed by atoms with Gasteiger partial charge in [-0.2, -0.15) is 6.07 Å². The molecule has 0 aliphatic rings. The summed E-state index contributed by atoms with van der Waals surface area (Å²) in [5.74, 6) is 0.